The fourth-order valence-electron chi connectivity index (χ4n) is 3.65. The molecule has 0 saturated heterocycles. The maximum atomic E-state index is 11.8. The highest BCUT2D eigenvalue weighted by molar-refractivity contribution is 6.06. The monoisotopic (exact) mass is 378 g/mol. The van der Waals surface area contributed by atoms with Crippen molar-refractivity contribution < 1.29 is 19.8 Å². The molecule has 0 bridgehead atoms. The summed E-state index contributed by atoms with van der Waals surface area (Å²) >= 11 is 0. The van der Waals surface area contributed by atoms with Gasteiger partial charge in [0.2, 0.25) is 0 Å². The summed E-state index contributed by atoms with van der Waals surface area (Å²) in [6.45, 7) is 7.35. The molecule has 2 N–H and O–H groups in total. The van der Waals surface area contributed by atoms with E-state index in [4.69, 9.17) is 5.11 Å². The molecule has 0 aliphatic carbocycles. The largest absolute Gasteiger partial charge is 0.480 e. The van der Waals surface area contributed by atoms with Crippen molar-refractivity contribution in [2.45, 2.75) is 65.8 Å². The Labute approximate surface area is 159 Å². The van der Waals surface area contributed by atoms with Crippen molar-refractivity contribution in [3.8, 4) is 0 Å². The van der Waals surface area contributed by atoms with Gasteiger partial charge in [-0.2, -0.15) is 10.2 Å². The van der Waals surface area contributed by atoms with Gasteiger partial charge in [-0.05, 0) is 39.7 Å². The number of unbranched alkanes of at least 4 members (excludes halogenated alkanes) is 4. The highest BCUT2D eigenvalue weighted by atomic mass is 16.4. The van der Waals surface area contributed by atoms with E-state index in [-0.39, 0.29) is 5.69 Å². The van der Waals surface area contributed by atoms with Gasteiger partial charge >= 0.3 is 11.9 Å². The first-order valence-corrected chi connectivity index (χ1v) is 9.62. The van der Waals surface area contributed by atoms with Crippen molar-refractivity contribution >= 4 is 17.7 Å². The number of rotatable bonds is 11. The summed E-state index contributed by atoms with van der Waals surface area (Å²) in [7, 11) is 0. The number of hydrogen-bond donors (Lipinski definition) is 2. The van der Waals surface area contributed by atoms with Crippen LogP contribution in [0.5, 0.6) is 0 Å². The lowest BCUT2D eigenvalue weighted by Gasteiger charge is -2.25. The zero-order valence-corrected chi connectivity index (χ0v) is 16.4. The molecule has 27 heavy (non-hydrogen) atoms. The number of hydrazone groups is 1. The molecule has 0 amide bonds. The molecule has 2 heterocycles. The molecular formula is C19H30N4O4. The Morgan fingerprint density at radius 1 is 1.15 bits per heavy atom. The third kappa shape index (κ3) is 4.87. The van der Waals surface area contributed by atoms with E-state index in [0.29, 0.717) is 30.9 Å². The third-order valence-corrected chi connectivity index (χ3v) is 5.31. The van der Waals surface area contributed by atoms with Crippen LogP contribution in [-0.2, 0) is 11.3 Å². The minimum Gasteiger partial charge on any atom is -0.480 e. The molecule has 0 aromatic carbocycles. The van der Waals surface area contributed by atoms with Crippen molar-refractivity contribution in [3.63, 3.8) is 0 Å². The normalized spacial score (nSPS) is 19.4. The van der Waals surface area contributed by atoms with Crippen molar-refractivity contribution in [2.75, 3.05) is 13.1 Å². The zero-order chi connectivity index (χ0) is 20.0. The topological polar surface area (TPSA) is 108 Å². The van der Waals surface area contributed by atoms with Crippen LogP contribution in [0.1, 0.15) is 68.6 Å². The highest BCUT2D eigenvalue weighted by Crippen LogP contribution is 2.34. The van der Waals surface area contributed by atoms with Crippen molar-refractivity contribution in [1.82, 2.24) is 14.8 Å². The summed E-state index contributed by atoms with van der Waals surface area (Å²) in [4.78, 5) is 23.0. The summed E-state index contributed by atoms with van der Waals surface area (Å²) in [5.41, 5.74) is 0.791. The first-order chi connectivity index (χ1) is 12.8. The lowest BCUT2D eigenvalue weighted by Crippen LogP contribution is -2.40. The first kappa shape index (κ1) is 20.9. The molecule has 0 fully saturated rings. The highest BCUT2D eigenvalue weighted by Gasteiger charge is 2.46. The molecule has 1 aliphatic heterocycles. The maximum absolute atomic E-state index is 11.8. The lowest BCUT2D eigenvalue weighted by atomic mass is 9.79. The second kappa shape index (κ2) is 9.01. The van der Waals surface area contributed by atoms with E-state index >= 15 is 0 Å². The number of hydrogen-bond acceptors (Lipinski definition) is 5. The Bertz CT molecular complexity index is 713. The van der Waals surface area contributed by atoms with Crippen LogP contribution in [0.25, 0.3) is 0 Å². The quantitative estimate of drug-likeness (QED) is 0.573. The number of carboxylic acid groups (broad SMARTS) is 2. The molecular weight excluding hydrogens is 348 g/mol. The van der Waals surface area contributed by atoms with Gasteiger partial charge in [-0.15, -0.1) is 0 Å². The number of aromatic nitrogens is 2. The number of aryl methyl sites for hydroxylation is 2. The molecule has 150 valence electrons. The lowest BCUT2D eigenvalue weighted by molar-refractivity contribution is -0.145. The molecule has 8 heteroatoms. The number of carboxylic acids is 2. The van der Waals surface area contributed by atoms with E-state index in [1.165, 1.54) is 0 Å². The second-order valence-corrected chi connectivity index (χ2v) is 7.27. The Balaban J connectivity index is 1.72. The molecule has 0 spiro atoms. The fraction of sp³-hybridized carbons (Fsp3) is 0.684. The molecule has 1 atom stereocenters. The molecule has 1 aromatic rings. The van der Waals surface area contributed by atoms with Gasteiger partial charge in [-0.3, -0.25) is 14.5 Å². The van der Waals surface area contributed by atoms with E-state index in [2.05, 4.69) is 10.2 Å². The Kier molecular flexibility index (Phi) is 6.98. The van der Waals surface area contributed by atoms with Gasteiger partial charge in [-0.1, -0.05) is 25.7 Å². The molecule has 0 saturated carbocycles. The predicted molar refractivity (Wildman–Crippen MR) is 102 cm³/mol. The Morgan fingerprint density at radius 3 is 2.41 bits per heavy atom. The van der Waals surface area contributed by atoms with Gasteiger partial charge in [0.15, 0.2) is 0 Å². The summed E-state index contributed by atoms with van der Waals surface area (Å²) in [5, 5.41) is 29.3. The van der Waals surface area contributed by atoms with Gasteiger partial charge in [0.1, 0.15) is 11.1 Å². The molecule has 0 radical (unpaired) electrons. The fourth-order valence-corrected chi connectivity index (χ4v) is 3.65. The van der Waals surface area contributed by atoms with Crippen LogP contribution in [-0.4, -0.2) is 55.7 Å². The van der Waals surface area contributed by atoms with Crippen LogP contribution in [0.4, 0.5) is 0 Å². The van der Waals surface area contributed by atoms with Crippen molar-refractivity contribution in [2.24, 2.45) is 10.5 Å². The molecule has 2 rings (SSSR count). The first-order valence-electron chi connectivity index (χ1n) is 9.62. The summed E-state index contributed by atoms with van der Waals surface area (Å²) < 4.78 is 1.55. The van der Waals surface area contributed by atoms with Gasteiger partial charge in [-0.25, -0.2) is 4.79 Å². The zero-order valence-electron chi connectivity index (χ0n) is 16.4. The van der Waals surface area contributed by atoms with E-state index in [1.807, 2.05) is 18.9 Å². The van der Waals surface area contributed by atoms with E-state index in [9.17, 15) is 14.7 Å². The summed E-state index contributed by atoms with van der Waals surface area (Å²) in [6.07, 6.45) is 5.22. The maximum Gasteiger partial charge on any atom is 0.354 e. The van der Waals surface area contributed by atoms with Crippen LogP contribution in [0.3, 0.4) is 0 Å². The predicted octanol–water partition coefficient (Wildman–Crippen LogP) is 3.01. The Hall–Kier alpha value is -2.38. The third-order valence-electron chi connectivity index (χ3n) is 5.31. The molecule has 8 nitrogen and oxygen atoms in total. The minimum atomic E-state index is -0.954. The van der Waals surface area contributed by atoms with Crippen LogP contribution in [0.2, 0.25) is 0 Å². The summed E-state index contributed by atoms with van der Waals surface area (Å²) in [6, 6.07) is 1.58. The standard InChI is InChI=1S/C19H30N4O4/c1-4-22-13-19(18(26)27,15(3)21-22)10-8-6-5-7-9-11-23-16(17(24)25)12-14(2)20-23/h12H,4-11,13H2,1-3H3,(H,24,25)(H,26,27). The number of carbonyl (C=O) groups is 2. The molecule has 1 aliphatic rings. The van der Waals surface area contributed by atoms with Crippen LogP contribution < -0.4 is 0 Å². The van der Waals surface area contributed by atoms with Gasteiger partial charge in [0.05, 0.1) is 18.0 Å². The average Bonchev–Trinajstić information content (AvgIpc) is 3.14. The van der Waals surface area contributed by atoms with E-state index < -0.39 is 17.4 Å². The number of nitrogens with zero attached hydrogens (tertiary/aromatic N) is 4. The van der Waals surface area contributed by atoms with Crippen LogP contribution in [0, 0.1) is 12.3 Å². The summed E-state index contributed by atoms with van der Waals surface area (Å²) in [5.74, 6) is -1.74. The van der Waals surface area contributed by atoms with E-state index in [0.717, 1.165) is 38.6 Å². The smallest absolute Gasteiger partial charge is 0.354 e. The Morgan fingerprint density at radius 2 is 1.81 bits per heavy atom. The minimum absolute atomic E-state index is 0.229. The molecule has 1 unspecified atom stereocenters. The van der Waals surface area contributed by atoms with Crippen LogP contribution >= 0.6 is 0 Å². The molecule has 1 aromatic heterocycles. The SMILES string of the molecule is CCN1CC(CCCCCCCn2nc(C)cc2C(=O)O)(C(=O)O)C(C)=N1. The second-order valence-electron chi connectivity index (χ2n) is 7.27. The van der Waals surface area contributed by atoms with E-state index in [1.54, 1.807) is 17.7 Å². The van der Waals surface area contributed by atoms with Gasteiger partial charge in [0, 0.05) is 13.1 Å². The number of aromatic carboxylic acids is 1. The average molecular weight is 378 g/mol. The van der Waals surface area contributed by atoms with Crippen LogP contribution in [0.15, 0.2) is 11.2 Å². The van der Waals surface area contributed by atoms with Gasteiger partial charge < -0.3 is 10.2 Å². The van der Waals surface area contributed by atoms with Crippen molar-refractivity contribution in [1.29, 1.82) is 0 Å². The number of aliphatic carboxylic acids is 1. The van der Waals surface area contributed by atoms with Gasteiger partial charge in [0.25, 0.3) is 0 Å². The van der Waals surface area contributed by atoms with Crippen molar-refractivity contribution in [3.05, 3.63) is 17.5 Å².